The molecule has 4 rings (SSSR count). The molecular weight excluding hydrogens is 378 g/mol. The normalized spacial score (nSPS) is 16.0. The molecule has 0 bridgehead atoms. The number of benzene rings is 3. The Labute approximate surface area is 175 Å². The summed E-state index contributed by atoms with van der Waals surface area (Å²) >= 11 is 0. The number of morpholine rings is 1. The number of hydrogen-bond acceptors (Lipinski definition) is 3. The Kier molecular flexibility index (Phi) is 6.06. The number of carbonyl (C=O) groups is 2. The van der Waals surface area contributed by atoms with Crippen molar-refractivity contribution in [1.82, 2.24) is 4.90 Å². The molecule has 1 unspecified atom stereocenters. The maximum absolute atomic E-state index is 12.9. The van der Waals surface area contributed by atoms with Crippen LogP contribution in [0.2, 0.25) is 0 Å². The van der Waals surface area contributed by atoms with Crippen LogP contribution < -0.4 is 10.6 Å². The van der Waals surface area contributed by atoms with Gasteiger partial charge in [0.1, 0.15) is 6.10 Å². The lowest BCUT2D eigenvalue weighted by atomic mass is 10.1. The molecule has 1 atom stereocenters. The summed E-state index contributed by atoms with van der Waals surface area (Å²) in [6.45, 7) is 1.58. The monoisotopic (exact) mass is 401 g/mol. The molecule has 2 N–H and O–H groups in total. The number of anilines is 2. The molecule has 3 amide bonds. The fourth-order valence-electron chi connectivity index (χ4n) is 3.40. The molecule has 6 nitrogen and oxygen atoms in total. The number of carbonyl (C=O) groups excluding carboxylic acids is 2. The lowest BCUT2D eigenvalue weighted by molar-refractivity contribution is -0.0228. The van der Waals surface area contributed by atoms with Crippen LogP contribution in [0.1, 0.15) is 22.0 Å². The highest BCUT2D eigenvalue weighted by molar-refractivity contribution is 6.00. The minimum absolute atomic E-state index is 0.0421. The van der Waals surface area contributed by atoms with Crippen molar-refractivity contribution in [2.45, 2.75) is 6.10 Å². The van der Waals surface area contributed by atoms with Crippen molar-refractivity contribution in [2.75, 3.05) is 30.3 Å². The molecule has 1 heterocycles. The van der Waals surface area contributed by atoms with Crippen LogP contribution in [-0.2, 0) is 4.74 Å². The van der Waals surface area contributed by atoms with E-state index in [1.807, 2.05) is 65.6 Å². The lowest BCUT2D eigenvalue weighted by Crippen LogP contribution is -2.42. The third-order valence-corrected chi connectivity index (χ3v) is 4.95. The molecule has 3 aromatic rings. The van der Waals surface area contributed by atoms with E-state index < -0.39 is 0 Å². The van der Waals surface area contributed by atoms with E-state index in [9.17, 15) is 9.59 Å². The van der Waals surface area contributed by atoms with Crippen LogP contribution in [0, 0.1) is 0 Å². The number of nitrogens with zero attached hydrogens (tertiary/aromatic N) is 1. The maximum atomic E-state index is 12.9. The van der Waals surface area contributed by atoms with Gasteiger partial charge in [-0.2, -0.15) is 0 Å². The lowest BCUT2D eigenvalue weighted by Gasteiger charge is -2.33. The molecule has 0 saturated carbocycles. The molecule has 0 spiro atoms. The summed E-state index contributed by atoms with van der Waals surface area (Å²) < 4.78 is 5.84. The summed E-state index contributed by atoms with van der Waals surface area (Å²) in [5.41, 5.74) is 2.97. The summed E-state index contributed by atoms with van der Waals surface area (Å²) in [6.07, 6.45) is -0.119. The largest absolute Gasteiger partial charge is 0.370 e. The second-order valence-electron chi connectivity index (χ2n) is 7.04. The number of para-hydroxylation sites is 1. The van der Waals surface area contributed by atoms with Gasteiger partial charge in [-0.1, -0.05) is 48.5 Å². The second kappa shape index (κ2) is 9.24. The number of hydrogen-bond donors (Lipinski definition) is 2. The molecule has 152 valence electrons. The van der Waals surface area contributed by atoms with Gasteiger partial charge in [-0.05, 0) is 42.0 Å². The first-order valence-electron chi connectivity index (χ1n) is 9.88. The van der Waals surface area contributed by atoms with Gasteiger partial charge in [0.2, 0.25) is 0 Å². The third-order valence-electron chi connectivity index (χ3n) is 4.95. The highest BCUT2D eigenvalue weighted by Gasteiger charge is 2.26. The molecule has 1 fully saturated rings. The van der Waals surface area contributed by atoms with E-state index in [0.29, 0.717) is 36.6 Å². The first-order chi connectivity index (χ1) is 14.7. The molecular formula is C24H23N3O3. The van der Waals surface area contributed by atoms with Crippen LogP contribution in [0.5, 0.6) is 0 Å². The van der Waals surface area contributed by atoms with Crippen molar-refractivity contribution in [3.63, 3.8) is 0 Å². The molecule has 0 aliphatic carbocycles. The fourth-order valence-corrected chi connectivity index (χ4v) is 3.40. The molecule has 1 saturated heterocycles. The zero-order chi connectivity index (χ0) is 20.8. The van der Waals surface area contributed by atoms with Gasteiger partial charge in [-0.3, -0.25) is 4.79 Å². The van der Waals surface area contributed by atoms with Crippen molar-refractivity contribution in [3.8, 4) is 0 Å². The van der Waals surface area contributed by atoms with E-state index in [4.69, 9.17) is 4.74 Å². The van der Waals surface area contributed by atoms with Crippen molar-refractivity contribution in [2.24, 2.45) is 0 Å². The smallest absolute Gasteiger partial charge is 0.323 e. The number of ether oxygens (including phenoxy) is 1. The average Bonchev–Trinajstić information content (AvgIpc) is 2.80. The average molecular weight is 401 g/mol. The van der Waals surface area contributed by atoms with E-state index in [2.05, 4.69) is 10.6 Å². The minimum atomic E-state index is -0.334. The Bertz CT molecular complexity index is 991. The highest BCUT2D eigenvalue weighted by atomic mass is 16.5. The summed E-state index contributed by atoms with van der Waals surface area (Å²) in [4.78, 5) is 26.8. The van der Waals surface area contributed by atoms with Crippen LogP contribution in [0.15, 0.2) is 84.9 Å². The highest BCUT2D eigenvalue weighted by Crippen LogP contribution is 2.23. The van der Waals surface area contributed by atoms with Crippen molar-refractivity contribution < 1.29 is 14.3 Å². The van der Waals surface area contributed by atoms with Gasteiger partial charge in [0, 0.05) is 23.5 Å². The van der Waals surface area contributed by atoms with Gasteiger partial charge < -0.3 is 20.3 Å². The van der Waals surface area contributed by atoms with Crippen molar-refractivity contribution in [3.05, 3.63) is 96.1 Å². The van der Waals surface area contributed by atoms with Gasteiger partial charge in [-0.25, -0.2) is 4.79 Å². The zero-order valence-electron chi connectivity index (χ0n) is 16.5. The number of amides is 3. The van der Waals surface area contributed by atoms with Gasteiger partial charge in [-0.15, -0.1) is 0 Å². The number of urea groups is 1. The summed E-state index contributed by atoms with van der Waals surface area (Å²) in [5.74, 6) is -0.0421. The van der Waals surface area contributed by atoms with Crippen LogP contribution >= 0.6 is 0 Å². The Hall–Kier alpha value is -3.64. The van der Waals surface area contributed by atoms with Crippen molar-refractivity contribution >= 4 is 23.3 Å². The fraction of sp³-hybridized carbons (Fsp3) is 0.167. The van der Waals surface area contributed by atoms with Gasteiger partial charge in [0.15, 0.2) is 0 Å². The van der Waals surface area contributed by atoms with Crippen molar-refractivity contribution in [1.29, 1.82) is 0 Å². The quantitative estimate of drug-likeness (QED) is 0.674. The Morgan fingerprint density at radius 3 is 2.07 bits per heavy atom. The van der Waals surface area contributed by atoms with E-state index in [1.165, 1.54) is 0 Å². The zero-order valence-corrected chi connectivity index (χ0v) is 16.5. The van der Waals surface area contributed by atoms with Crippen LogP contribution in [0.4, 0.5) is 16.2 Å². The summed E-state index contributed by atoms with van der Waals surface area (Å²) in [6, 6.07) is 25.7. The SMILES string of the molecule is O=C(Nc1ccccc1)Nc1ccc(C(=O)N2CCOC(c3ccccc3)C2)cc1. The van der Waals surface area contributed by atoms with E-state index in [0.717, 1.165) is 5.56 Å². The van der Waals surface area contributed by atoms with Crippen LogP contribution in [0.3, 0.4) is 0 Å². The van der Waals surface area contributed by atoms with Crippen LogP contribution in [0.25, 0.3) is 0 Å². The van der Waals surface area contributed by atoms with E-state index >= 15 is 0 Å². The van der Waals surface area contributed by atoms with E-state index in [1.54, 1.807) is 24.3 Å². The van der Waals surface area contributed by atoms with Gasteiger partial charge in [0.05, 0.1) is 13.2 Å². The molecule has 0 aromatic heterocycles. The predicted octanol–water partition coefficient (Wildman–Crippen LogP) is 4.54. The standard InChI is InChI=1S/C24H23N3O3/c28-23(27-15-16-30-22(17-27)18-7-3-1-4-8-18)19-11-13-21(14-12-19)26-24(29)25-20-9-5-2-6-10-20/h1-14,22H,15-17H2,(H2,25,26,29). The molecule has 6 heteroatoms. The van der Waals surface area contributed by atoms with E-state index in [-0.39, 0.29) is 18.0 Å². The Balaban J connectivity index is 1.36. The Morgan fingerprint density at radius 1 is 0.800 bits per heavy atom. The third kappa shape index (κ3) is 4.85. The number of rotatable bonds is 4. The minimum Gasteiger partial charge on any atom is -0.370 e. The first-order valence-corrected chi connectivity index (χ1v) is 9.88. The molecule has 0 radical (unpaired) electrons. The van der Waals surface area contributed by atoms with Crippen LogP contribution in [-0.4, -0.2) is 36.5 Å². The topological polar surface area (TPSA) is 70.7 Å². The number of nitrogens with one attached hydrogen (secondary N) is 2. The molecule has 3 aromatic carbocycles. The molecule has 1 aliphatic rings. The second-order valence-corrected chi connectivity index (χ2v) is 7.04. The summed E-state index contributed by atoms with van der Waals surface area (Å²) in [5, 5.41) is 5.53. The maximum Gasteiger partial charge on any atom is 0.323 e. The Morgan fingerprint density at radius 2 is 1.40 bits per heavy atom. The molecule has 30 heavy (non-hydrogen) atoms. The van der Waals surface area contributed by atoms with Gasteiger partial charge in [0.25, 0.3) is 5.91 Å². The summed E-state index contributed by atoms with van der Waals surface area (Å²) in [7, 11) is 0. The molecule has 1 aliphatic heterocycles. The predicted molar refractivity (Wildman–Crippen MR) is 117 cm³/mol. The first kappa shape index (κ1) is 19.7. The van der Waals surface area contributed by atoms with Gasteiger partial charge >= 0.3 is 6.03 Å².